The van der Waals surface area contributed by atoms with Gasteiger partial charge in [0.15, 0.2) is 0 Å². The smallest absolute Gasteiger partial charge is 0.116 e. The van der Waals surface area contributed by atoms with E-state index in [0.29, 0.717) is 0 Å². The molecule has 1 aliphatic rings. The highest BCUT2D eigenvalue weighted by Gasteiger charge is 2.27. The summed E-state index contributed by atoms with van der Waals surface area (Å²) >= 11 is 0. The third kappa shape index (κ3) is 2.43. The highest BCUT2D eigenvalue weighted by molar-refractivity contribution is 6.14. The van der Waals surface area contributed by atoms with Gasteiger partial charge < -0.3 is 4.90 Å². The van der Waals surface area contributed by atoms with Crippen molar-refractivity contribution in [2.75, 3.05) is 4.90 Å². The number of anilines is 3. The van der Waals surface area contributed by atoms with Gasteiger partial charge in [-0.05, 0) is 59.0 Å². The summed E-state index contributed by atoms with van der Waals surface area (Å²) in [6.07, 6.45) is 7.18. The maximum Gasteiger partial charge on any atom is 0.116 e. The third-order valence-electron chi connectivity index (χ3n) is 5.41. The van der Waals surface area contributed by atoms with Gasteiger partial charge in [0, 0.05) is 29.0 Å². The molecule has 0 unspecified atom stereocenters. The van der Waals surface area contributed by atoms with E-state index in [2.05, 4.69) is 74.4 Å². The van der Waals surface area contributed by atoms with Crippen LogP contribution in [0.25, 0.3) is 33.2 Å². The Hall–Kier alpha value is -4.05. The number of fused-ring (bicyclic) bond motifs is 2. The van der Waals surface area contributed by atoms with E-state index in [0.717, 1.165) is 39.4 Å². The van der Waals surface area contributed by atoms with Crippen LogP contribution in [-0.4, -0.2) is 15.0 Å². The Balaban J connectivity index is 1.71. The number of rotatable bonds is 2. The quantitative estimate of drug-likeness (QED) is 0.366. The molecule has 0 aliphatic carbocycles. The van der Waals surface area contributed by atoms with Crippen LogP contribution < -0.4 is 4.90 Å². The summed E-state index contributed by atoms with van der Waals surface area (Å²) in [5, 5.41) is 2.40. The minimum Gasteiger partial charge on any atom is -0.306 e. The van der Waals surface area contributed by atoms with Crippen molar-refractivity contribution in [1.82, 2.24) is 15.0 Å². The van der Waals surface area contributed by atoms with Crippen LogP contribution in [0.2, 0.25) is 0 Å². The molecule has 0 saturated heterocycles. The van der Waals surface area contributed by atoms with Gasteiger partial charge in [-0.3, -0.25) is 4.98 Å². The number of para-hydroxylation sites is 1. The SMILES string of the molecule is c1ccc(N2c3cncnc3-c3cc(-c4ccncc4)cc4cccc2c34)cc1. The second-order valence-corrected chi connectivity index (χ2v) is 7.06. The number of aromatic nitrogens is 3. The molecule has 4 heteroatoms. The molecular formula is C25H16N4. The molecule has 0 fully saturated rings. The summed E-state index contributed by atoms with van der Waals surface area (Å²) in [5.41, 5.74) is 7.62. The van der Waals surface area contributed by atoms with Crippen LogP contribution in [0.15, 0.2) is 97.7 Å². The molecule has 5 aromatic rings. The lowest BCUT2D eigenvalue weighted by molar-refractivity contribution is 1.13. The Kier molecular flexibility index (Phi) is 3.43. The molecule has 0 atom stereocenters. The van der Waals surface area contributed by atoms with Crippen molar-refractivity contribution < 1.29 is 0 Å². The molecule has 0 spiro atoms. The number of nitrogens with zero attached hydrogens (tertiary/aromatic N) is 4. The van der Waals surface area contributed by atoms with E-state index in [4.69, 9.17) is 0 Å². The molecule has 136 valence electrons. The lowest BCUT2D eigenvalue weighted by Crippen LogP contribution is -2.16. The largest absolute Gasteiger partial charge is 0.306 e. The first kappa shape index (κ1) is 16.0. The van der Waals surface area contributed by atoms with E-state index in [1.54, 1.807) is 6.33 Å². The molecule has 3 heterocycles. The summed E-state index contributed by atoms with van der Waals surface area (Å²) in [6.45, 7) is 0. The number of hydrogen-bond acceptors (Lipinski definition) is 4. The molecule has 0 N–H and O–H groups in total. The van der Waals surface area contributed by atoms with E-state index < -0.39 is 0 Å². The lowest BCUT2D eigenvalue weighted by Gasteiger charge is -2.32. The average molecular weight is 372 g/mol. The topological polar surface area (TPSA) is 41.9 Å². The van der Waals surface area contributed by atoms with E-state index in [-0.39, 0.29) is 0 Å². The second-order valence-electron chi connectivity index (χ2n) is 7.06. The van der Waals surface area contributed by atoms with Crippen LogP contribution in [-0.2, 0) is 0 Å². The summed E-state index contributed by atoms with van der Waals surface area (Å²) in [6, 6.07) is 25.4. The van der Waals surface area contributed by atoms with Crippen molar-refractivity contribution >= 4 is 27.8 Å². The minimum atomic E-state index is 0.948. The zero-order valence-electron chi connectivity index (χ0n) is 15.5. The zero-order valence-corrected chi connectivity index (χ0v) is 15.5. The van der Waals surface area contributed by atoms with Gasteiger partial charge in [-0.1, -0.05) is 30.3 Å². The Morgan fingerprint density at radius 3 is 2.41 bits per heavy atom. The Morgan fingerprint density at radius 1 is 0.690 bits per heavy atom. The first-order valence-electron chi connectivity index (χ1n) is 9.53. The molecule has 0 bridgehead atoms. The van der Waals surface area contributed by atoms with E-state index in [1.807, 2.05) is 36.8 Å². The average Bonchev–Trinajstić information content (AvgIpc) is 2.80. The summed E-state index contributed by atoms with van der Waals surface area (Å²) in [7, 11) is 0. The van der Waals surface area contributed by atoms with Gasteiger partial charge in [-0.2, -0.15) is 0 Å². The van der Waals surface area contributed by atoms with Crippen molar-refractivity contribution in [3.63, 3.8) is 0 Å². The molecule has 1 aliphatic heterocycles. The fraction of sp³-hybridized carbons (Fsp3) is 0. The highest BCUT2D eigenvalue weighted by atomic mass is 15.2. The lowest BCUT2D eigenvalue weighted by atomic mass is 9.91. The first-order chi connectivity index (χ1) is 14.4. The van der Waals surface area contributed by atoms with E-state index >= 15 is 0 Å². The fourth-order valence-corrected chi connectivity index (χ4v) is 4.17. The molecule has 0 saturated carbocycles. The Bertz CT molecular complexity index is 1350. The van der Waals surface area contributed by atoms with E-state index in [9.17, 15) is 0 Å². The number of hydrogen-bond donors (Lipinski definition) is 0. The van der Waals surface area contributed by atoms with Crippen molar-refractivity contribution in [2.24, 2.45) is 0 Å². The van der Waals surface area contributed by atoms with Crippen molar-refractivity contribution in [2.45, 2.75) is 0 Å². The highest BCUT2D eigenvalue weighted by Crippen LogP contribution is 2.50. The van der Waals surface area contributed by atoms with Gasteiger partial charge in [-0.15, -0.1) is 0 Å². The molecular weight excluding hydrogens is 356 g/mol. The fourth-order valence-electron chi connectivity index (χ4n) is 4.17. The Labute approximate surface area is 168 Å². The van der Waals surface area contributed by atoms with Gasteiger partial charge in [0.05, 0.1) is 23.3 Å². The van der Waals surface area contributed by atoms with Crippen LogP contribution in [0.4, 0.5) is 17.1 Å². The molecule has 3 aromatic carbocycles. The molecule has 6 rings (SSSR count). The van der Waals surface area contributed by atoms with Crippen LogP contribution >= 0.6 is 0 Å². The molecule has 0 amide bonds. The summed E-state index contributed by atoms with van der Waals surface area (Å²) in [4.78, 5) is 15.4. The second kappa shape index (κ2) is 6.24. The summed E-state index contributed by atoms with van der Waals surface area (Å²) in [5.74, 6) is 0. The molecule has 0 radical (unpaired) electrons. The predicted molar refractivity (Wildman–Crippen MR) is 116 cm³/mol. The van der Waals surface area contributed by atoms with Gasteiger partial charge >= 0.3 is 0 Å². The maximum absolute atomic E-state index is 4.69. The summed E-state index contributed by atoms with van der Waals surface area (Å²) < 4.78 is 0. The number of pyridine rings is 1. The van der Waals surface area contributed by atoms with Gasteiger partial charge in [-0.25, -0.2) is 9.97 Å². The van der Waals surface area contributed by atoms with Crippen LogP contribution in [0.1, 0.15) is 0 Å². The molecule has 29 heavy (non-hydrogen) atoms. The monoisotopic (exact) mass is 372 g/mol. The van der Waals surface area contributed by atoms with Crippen molar-refractivity contribution in [3.8, 4) is 22.4 Å². The van der Waals surface area contributed by atoms with Crippen LogP contribution in [0.3, 0.4) is 0 Å². The van der Waals surface area contributed by atoms with Gasteiger partial charge in [0.1, 0.15) is 6.33 Å². The normalized spacial score (nSPS) is 12.1. The van der Waals surface area contributed by atoms with Gasteiger partial charge in [0.2, 0.25) is 0 Å². The first-order valence-corrected chi connectivity index (χ1v) is 9.53. The zero-order chi connectivity index (χ0) is 19.2. The number of benzene rings is 3. The van der Waals surface area contributed by atoms with E-state index in [1.165, 1.54) is 10.8 Å². The Morgan fingerprint density at radius 2 is 1.55 bits per heavy atom. The standard InChI is InChI=1S/C25H16N4/c1-2-6-20(7-3-1)29-22-8-4-5-18-13-19(17-9-11-26-12-10-17)14-21(24(18)22)25-23(29)15-27-16-28-25/h1-16H. The maximum atomic E-state index is 4.69. The third-order valence-corrected chi connectivity index (χ3v) is 5.41. The predicted octanol–water partition coefficient (Wildman–Crippen LogP) is 6.14. The van der Waals surface area contributed by atoms with Crippen LogP contribution in [0, 0.1) is 0 Å². The van der Waals surface area contributed by atoms with Crippen molar-refractivity contribution in [1.29, 1.82) is 0 Å². The van der Waals surface area contributed by atoms with Crippen molar-refractivity contribution in [3.05, 3.63) is 97.7 Å². The minimum absolute atomic E-state index is 0.948. The molecule has 2 aromatic heterocycles. The van der Waals surface area contributed by atoms with Crippen LogP contribution in [0.5, 0.6) is 0 Å². The molecule has 4 nitrogen and oxygen atoms in total. The van der Waals surface area contributed by atoms with Gasteiger partial charge in [0.25, 0.3) is 0 Å².